The van der Waals surface area contributed by atoms with Crippen LogP contribution in [0.25, 0.3) is 0 Å². The number of H-pyrrole nitrogens is 1. The molecule has 0 bridgehead atoms. The summed E-state index contributed by atoms with van der Waals surface area (Å²) in [6.07, 6.45) is 2.33. The molecule has 2 aromatic carbocycles. The van der Waals surface area contributed by atoms with Gasteiger partial charge in [0.25, 0.3) is 5.91 Å². The minimum atomic E-state index is -0.888. The van der Waals surface area contributed by atoms with E-state index in [0.717, 1.165) is 36.2 Å². The molecule has 39 heavy (non-hydrogen) atoms. The van der Waals surface area contributed by atoms with Crippen molar-refractivity contribution in [1.29, 1.82) is 5.26 Å². The second kappa shape index (κ2) is 11.9. The number of nitrogens with one attached hydrogen (secondary N) is 3. The van der Waals surface area contributed by atoms with Gasteiger partial charge in [-0.25, -0.2) is 0 Å². The Morgan fingerprint density at radius 3 is 2.38 bits per heavy atom. The summed E-state index contributed by atoms with van der Waals surface area (Å²) in [5.74, 6) is -0.269. The van der Waals surface area contributed by atoms with E-state index in [4.69, 9.17) is 5.73 Å². The van der Waals surface area contributed by atoms with Crippen LogP contribution in [-0.2, 0) is 5.41 Å². The number of nitrogens with two attached hydrogens (primary N) is 1. The van der Waals surface area contributed by atoms with Gasteiger partial charge in [0.2, 0.25) is 5.91 Å². The van der Waals surface area contributed by atoms with Crippen LogP contribution in [-0.4, -0.2) is 69.6 Å². The Labute approximate surface area is 227 Å². The molecule has 2 heterocycles. The zero-order valence-corrected chi connectivity index (χ0v) is 22.1. The van der Waals surface area contributed by atoms with Crippen molar-refractivity contribution in [2.24, 2.45) is 5.73 Å². The van der Waals surface area contributed by atoms with E-state index >= 15 is 0 Å². The first kappa shape index (κ1) is 27.5. The highest BCUT2D eigenvalue weighted by Crippen LogP contribution is 2.41. The van der Waals surface area contributed by atoms with E-state index in [1.807, 2.05) is 24.3 Å². The Kier molecular flexibility index (Phi) is 8.36. The predicted molar refractivity (Wildman–Crippen MR) is 145 cm³/mol. The van der Waals surface area contributed by atoms with Crippen LogP contribution in [0.15, 0.2) is 60.8 Å². The molecule has 2 amide bonds. The van der Waals surface area contributed by atoms with E-state index in [-0.39, 0.29) is 18.0 Å². The average Bonchev–Trinajstić information content (AvgIpc) is 3.67. The SMILES string of the molecule is C=C(CN[C@@H](C)CC(c1ccc(C(N)=O)cc1)(c1ccc(C(=O)NC)cc1)c1nn[nH]n1)N1CCCC1C#N. The van der Waals surface area contributed by atoms with Gasteiger partial charge in [0, 0.05) is 43.0 Å². The molecule has 1 fully saturated rings. The van der Waals surface area contributed by atoms with Crippen molar-refractivity contribution in [2.45, 2.75) is 43.7 Å². The largest absolute Gasteiger partial charge is 0.366 e. The van der Waals surface area contributed by atoms with Crippen LogP contribution >= 0.6 is 0 Å². The number of hydrogen-bond donors (Lipinski definition) is 4. The highest BCUT2D eigenvalue weighted by atomic mass is 16.1. The molecule has 0 saturated carbocycles. The quantitative estimate of drug-likeness (QED) is 0.293. The third-order valence-electron chi connectivity index (χ3n) is 7.33. The van der Waals surface area contributed by atoms with Gasteiger partial charge in [-0.3, -0.25) is 9.59 Å². The van der Waals surface area contributed by atoms with Crippen molar-refractivity contribution in [3.63, 3.8) is 0 Å². The molecule has 0 radical (unpaired) electrons. The highest BCUT2D eigenvalue weighted by molar-refractivity contribution is 5.94. The molecule has 3 aromatic rings. The van der Waals surface area contributed by atoms with E-state index in [1.165, 1.54) is 0 Å². The number of aromatic nitrogens is 4. The van der Waals surface area contributed by atoms with E-state index in [9.17, 15) is 14.9 Å². The van der Waals surface area contributed by atoms with Crippen LogP contribution in [0.3, 0.4) is 0 Å². The number of benzene rings is 2. The maximum Gasteiger partial charge on any atom is 0.251 e. The summed E-state index contributed by atoms with van der Waals surface area (Å²) < 4.78 is 0. The molecule has 0 aliphatic carbocycles. The van der Waals surface area contributed by atoms with Gasteiger partial charge in [-0.1, -0.05) is 36.1 Å². The van der Waals surface area contributed by atoms with Crippen molar-refractivity contribution in [1.82, 2.24) is 36.2 Å². The topological polar surface area (TPSA) is 166 Å². The fourth-order valence-electron chi connectivity index (χ4n) is 5.27. The van der Waals surface area contributed by atoms with Crippen LogP contribution in [0.1, 0.15) is 63.9 Å². The fourth-order valence-corrected chi connectivity index (χ4v) is 5.27. The van der Waals surface area contributed by atoms with Gasteiger partial charge in [-0.2, -0.15) is 10.5 Å². The van der Waals surface area contributed by atoms with Crippen LogP contribution in [0.5, 0.6) is 0 Å². The summed E-state index contributed by atoms with van der Waals surface area (Å²) in [5.41, 5.74) is 8.07. The number of likely N-dealkylation sites (tertiary alicyclic amines) is 1. The van der Waals surface area contributed by atoms with Gasteiger partial charge in [-0.15, -0.1) is 10.2 Å². The molecule has 0 spiro atoms. The van der Waals surface area contributed by atoms with E-state index in [0.29, 0.717) is 29.9 Å². The Bertz CT molecular complexity index is 1350. The summed E-state index contributed by atoms with van der Waals surface area (Å²) in [6, 6.07) is 16.5. The lowest BCUT2D eigenvalue weighted by Crippen LogP contribution is -2.41. The maximum atomic E-state index is 12.2. The van der Waals surface area contributed by atoms with Crippen molar-refractivity contribution >= 4 is 11.8 Å². The number of primary amides is 1. The number of nitriles is 1. The number of rotatable bonds is 11. The third kappa shape index (κ3) is 5.66. The number of tetrazole rings is 1. The molecule has 2 unspecified atom stereocenters. The monoisotopic (exact) mass is 527 g/mol. The summed E-state index contributed by atoms with van der Waals surface area (Å²) in [6.45, 7) is 7.62. The lowest BCUT2D eigenvalue weighted by atomic mass is 9.69. The first-order chi connectivity index (χ1) is 18.8. The summed E-state index contributed by atoms with van der Waals surface area (Å²) >= 11 is 0. The number of hydrogen-bond acceptors (Lipinski definition) is 8. The Morgan fingerprint density at radius 2 is 1.85 bits per heavy atom. The first-order valence-corrected chi connectivity index (χ1v) is 12.8. The number of aromatic amines is 1. The van der Waals surface area contributed by atoms with Crippen LogP contribution < -0.4 is 16.4 Å². The summed E-state index contributed by atoms with van der Waals surface area (Å²) in [4.78, 5) is 26.1. The lowest BCUT2D eigenvalue weighted by Gasteiger charge is -2.35. The van der Waals surface area contributed by atoms with E-state index in [1.54, 1.807) is 31.3 Å². The maximum absolute atomic E-state index is 12.2. The minimum absolute atomic E-state index is 0.0715. The lowest BCUT2D eigenvalue weighted by molar-refractivity contribution is 0.0961. The molecule has 1 aromatic heterocycles. The van der Waals surface area contributed by atoms with Crippen LogP contribution in [0.2, 0.25) is 0 Å². The molecule has 4 rings (SSSR count). The zero-order valence-electron chi connectivity index (χ0n) is 22.1. The standard InChI is InChI=1S/C28H33N9O2/c1-18(32-17-19(2)37-14-4-5-24(37)16-29)15-28(27-33-35-36-34-27,22-10-6-20(7-11-22)25(30)38)23-12-8-21(9-13-23)26(39)31-3/h6-13,18,24,32H,2,4-5,14-15,17H2,1,3H3,(H2,30,38)(H,31,39)(H,33,34,35,36)/t18-,24?,28?/m0/s1. The van der Waals surface area contributed by atoms with Gasteiger partial charge >= 0.3 is 0 Å². The fraction of sp³-hybridized carbons (Fsp3) is 0.357. The van der Waals surface area contributed by atoms with Gasteiger partial charge < -0.3 is 21.3 Å². The molecule has 1 aliphatic heterocycles. The van der Waals surface area contributed by atoms with Crippen molar-refractivity contribution in [3.05, 3.63) is 88.9 Å². The summed E-state index contributed by atoms with van der Waals surface area (Å²) in [5, 5.41) is 30.9. The molecule has 202 valence electrons. The first-order valence-electron chi connectivity index (χ1n) is 12.8. The van der Waals surface area contributed by atoms with E-state index < -0.39 is 11.3 Å². The molecule has 1 saturated heterocycles. The Balaban J connectivity index is 1.71. The second-order valence-electron chi connectivity index (χ2n) is 9.77. The number of amides is 2. The predicted octanol–water partition coefficient (Wildman–Crippen LogP) is 1.86. The number of nitrogens with zero attached hydrogens (tertiary/aromatic N) is 5. The molecule has 11 nitrogen and oxygen atoms in total. The molecule has 5 N–H and O–H groups in total. The van der Waals surface area contributed by atoms with Crippen molar-refractivity contribution in [2.75, 3.05) is 20.1 Å². The van der Waals surface area contributed by atoms with Crippen molar-refractivity contribution in [3.8, 4) is 6.07 Å². The summed E-state index contributed by atoms with van der Waals surface area (Å²) in [7, 11) is 1.59. The number of carbonyl (C=O) groups excluding carboxylic acids is 2. The normalized spacial score (nSPS) is 17.2. The van der Waals surface area contributed by atoms with Gasteiger partial charge in [0.05, 0.1) is 11.5 Å². The Hall–Kier alpha value is -4.56. The van der Waals surface area contributed by atoms with Crippen LogP contribution in [0, 0.1) is 11.3 Å². The zero-order chi connectivity index (χ0) is 28.0. The van der Waals surface area contributed by atoms with Gasteiger partial charge in [0.1, 0.15) is 6.04 Å². The van der Waals surface area contributed by atoms with Crippen molar-refractivity contribution < 1.29 is 9.59 Å². The smallest absolute Gasteiger partial charge is 0.251 e. The Morgan fingerprint density at radius 1 is 1.21 bits per heavy atom. The second-order valence-corrected chi connectivity index (χ2v) is 9.77. The third-order valence-corrected chi connectivity index (χ3v) is 7.33. The molecular formula is C28H33N9O2. The van der Waals surface area contributed by atoms with Gasteiger partial charge in [0.15, 0.2) is 5.82 Å². The molecule has 1 aliphatic rings. The highest BCUT2D eigenvalue weighted by Gasteiger charge is 2.42. The molecule has 3 atom stereocenters. The van der Waals surface area contributed by atoms with Gasteiger partial charge in [-0.05, 0) is 61.6 Å². The minimum Gasteiger partial charge on any atom is -0.366 e. The van der Waals surface area contributed by atoms with Crippen LogP contribution in [0.4, 0.5) is 0 Å². The number of carbonyl (C=O) groups is 2. The molecule has 11 heteroatoms. The molecular weight excluding hydrogens is 494 g/mol. The average molecular weight is 528 g/mol. The van der Waals surface area contributed by atoms with E-state index in [2.05, 4.69) is 55.7 Å².